The first-order valence-electron chi connectivity index (χ1n) is 11.9. The summed E-state index contributed by atoms with van der Waals surface area (Å²) in [5.74, 6) is -0.0787. The first-order valence-corrected chi connectivity index (χ1v) is 11.9. The van der Waals surface area contributed by atoms with E-state index in [4.69, 9.17) is 0 Å². The summed E-state index contributed by atoms with van der Waals surface area (Å²) in [6, 6.07) is 10.6. The molecule has 1 N–H and O–H groups in total. The number of benzene rings is 2. The maximum atomic E-state index is 13.5. The van der Waals surface area contributed by atoms with E-state index in [1.54, 1.807) is 30.3 Å². The first kappa shape index (κ1) is 24.4. The summed E-state index contributed by atoms with van der Waals surface area (Å²) in [6.45, 7) is 8.53. The topological polar surface area (TPSA) is 90.4 Å². The van der Waals surface area contributed by atoms with E-state index >= 15 is 0 Å². The molecule has 1 amide bonds. The maximum absolute atomic E-state index is 13.5. The molecule has 2 heterocycles. The average Bonchev–Trinajstić information content (AvgIpc) is 3.15. The van der Waals surface area contributed by atoms with Gasteiger partial charge in [-0.25, -0.2) is 18.3 Å². The number of carbonyl (C=O) groups excluding carboxylic acids is 1. The second kappa shape index (κ2) is 9.85. The maximum Gasteiger partial charge on any atom is 0.352 e. The molecule has 0 fully saturated rings. The Morgan fingerprint density at radius 3 is 2.46 bits per heavy atom. The SMILES string of the molecule is CCC(C)NC(=O)c1ccc2c(=O)n(CCC(C)C)c3nn(Cc4ccc(F)cc4)c(=O)n3c2c1. The molecule has 8 nitrogen and oxygen atoms in total. The molecule has 1 atom stereocenters. The van der Waals surface area contributed by atoms with Crippen molar-refractivity contribution in [1.82, 2.24) is 24.1 Å². The van der Waals surface area contributed by atoms with Crippen molar-refractivity contribution < 1.29 is 9.18 Å². The van der Waals surface area contributed by atoms with Crippen LogP contribution in [0.25, 0.3) is 16.7 Å². The lowest BCUT2D eigenvalue weighted by atomic mass is 10.1. The minimum absolute atomic E-state index is 0.0107. The largest absolute Gasteiger partial charge is 0.352 e. The zero-order valence-corrected chi connectivity index (χ0v) is 20.4. The molecule has 35 heavy (non-hydrogen) atoms. The highest BCUT2D eigenvalue weighted by molar-refractivity contribution is 5.98. The molecule has 0 saturated carbocycles. The number of nitrogens with one attached hydrogen (secondary N) is 1. The molecule has 184 valence electrons. The summed E-state index contributed by atoms with van der Waals surface area (Å²) in [5.41, 5.74) is 0.688. The van der Waals surface area contributed by atoms with Gasteiger partial charge in [0, 0.05) is 18.2 Å². The van der Waals surface area contributed by atoms with E-state index in [-0.39, 0.29) is 35.6 Å². The minimum atomic E-state index is -0.438. The lowest BCUT2D eigenvalue weighted by Crippen LogP contribution is -2.32. The zero-order chi connectivity index (χ0) is 25.3. The van der Waals surface area contributed by atoms with Crippen molar-refractivity contribution in [3.05, 3.63) is 80.2 Å². The van der Waals surface area contributed by atoms with Gasteiger partial charge in [-0.05, 0) is 61.6 Å². The van der Waals surface area contributed by atoms with Crippen molar-refractivity contribution in [3.8, 4) is 0 Å². The molecule has 4 aromatic rings. The third kappa shape index (κ3) is 4.89. The number of fused-ring (bicyclic) bond motifs is 3. The van der Waals surface area contributed by atoms with Gasteiger partial charge in [-0.1, -0.05) is 32.9 Å². The quantitative estimate of drug-likeness (QED) is 0.418. The van der Waals surface area contributed by atoms with Gasteiger partial charge in [0.2, 0.25) is 5.78 Å². The number of hydrogen-bond donors (Lipinski definition) is 1. The Kier molecular flexibility index (Phi) is 6.86. The lowest BCUT2D eigenvalue weighted by Gasteiger charge is -2.13. The van der Waals surface area contributed by atoms with Gasteiger partial charge in [-0.15, -0.1) is 5.10 Å². The van der Waals surface area contributed by atoms with E-state index in [0.29, 0.717) is 34.5 Å². The van der Waals surface area contributed by atoms with Gasteiger partial charge in [-0.2, -0.15) is 0 Å². The molecule has 2 aromatic heterocycles. The Balaban J connectivity index is 1.92. The molecule has 0 bridgehead atoms. The highest BCUT2D eigenvalue weighted by Crippen LogP contribution is 2.16. The molecule has 2 aromatic carbocycles. The number of halogens is 1. The summed E-state index contributed by atoms with van der Waals surface area (Å²) in [5, 5.41) is 7.74. The van der Waals surface area contributed by atoms with E-state index in [2.05, 4.69) is 24.3 Å². The smallest absolute Gasteiger partial charge is 0.350 e. The Morgan fingerprint density at radius 1 is 1.09 bits per heavy atom. The van der Waals surface area contributed by atoms with E-state index < -0.39 is 5.69 Å². The fourth-order valence-corrected chi connectivity index (χ4v) is 3.92. The van der Waals surface area contributed by atoms with Gasteiger partial charge < -0.3 is 5.32 Å². The molecule has 0 aliphatic carbocycles. The minimum Gasteiger partial charge on any atom is -0.350 e. The summed E-state index contributed by atoms with van der Waals surface area (Å²) in [6.07, 6.45) is 1.51. The lowest BCUT2D eigenvalue weighted by molar-refractivity contribution is 0.0939. The van der Waals surface area contributed by atoms with Crippen molar-refractivity contribution in [1.29, 1.82) is 0 Å². The molecule has 0 aliphatic rings. The molecule has 0 spiro atoms. The molecule has 0 aliphatic heterocycles. The third-order valence-corrected chi connectivity index (χ3v) is 6.21. The Morgan fingerprint density at radius 2 is 1.80 bits per heavy atom. The van der Waals surface area contributed by atoms with Crippen LogP contribution < -0.4 is 16.6 Å². The van der Waals surface area contributed by atoms with Crippen molar-refractivity contribution in [2.75, 3.05) is 0 Å². The van der Waals surface area contributed by atoms with Crippen molar-refractivity contribution in [3.63, 3.8) is 0 Å². The zero-order valence-electron chi connectivity index (χ0n) is 20.4. The Bertz CT molecular complexity index is 1500. The number of amides is 1. The molecular weight excluding hydrogens is 449 g/mol. The summed E-state index contributed by atoms with van der Waals surface area (Å²) in [4.78, 5) is 39.7. The second-order valence-corrected chi connectivity index (χ2v) is 9.36. The standard InChI is InChI=1S/C26H30FN5O3/c1-5-17(4)28-23(33)19-8-11-21-22(14-19)32-25(30(24(21)34)13-12-16(2)3)29-31(26(32)35)15-18-6-9-20(27)10-7-18/h6-11,14,16-17H,5,12-13,15H2,1-4H3,(H,28,33). The van der Waals surface area contributed by atoms with Crippen LogP contribution in [0.3, 0.4) is 0 Å². The van der Waals surface area contributed by atoms with Gasteiger partial charge in [0.15, 0.2) is 0 Å². The van der Waals surface area contributed by atoms with Crippen LogP contribution in [0.15, 0.2) is 52.1 Å². The van der Waals surface area contributed by atoms with Gasteiger partial charge in [-0.3, -0.25) is 14.2 Å². The molecule has 0 saturated heterocycles. The van der Waals surface area contributed by atoms with Crippen molar-refractivity contribution >= 4 is 22.6 Å². The van der Waals surface area contributed by atoms with Crippen LogP contribution in [0.1, 0.15) is 56.5 Å². The van der Waals surface area contributed by atoms with Gasteiger partial charge in [0.1, 0.15) is 5.82 Å². The fourth-order valence-electron chi connectivity index (χ4n) is 3.92. The number of aryl methyl sites for hydroxylation is 1. The number of carbonyl (C=O) groups is 1. The first-order chi connectivity index (χ1) is 16.7. The van der Waals surface area contributed by atoms with Crippen LogP contribution in [0.5, 0.6) is 0 Å². The van der Waals surface area contributed by atoms with Crippen LogP contribution in [-0.4, -0.2) is 30.7 Å². The van der Waals surface area contributed by atoms with Crippen molar-refractivity contribution in [2.24, 2.45) is 5.92 Å². The van der Waals surface area contributed by atoms with Gasteiger partial charge in [0.05, 0.1) is 17.4 Å². The Labute approximate surface area is 202 Å². The number of nitrogens with zero attached hydrogens (tertiary/aromatic N) is 4. The van der Waals surface area contributed by atoms with Crippen molar-refractivity contribution in [2.45, 2.75) is 59.7 Å². The number of aromatic nitrogens is 4. The predicted molar refractivity (Wildman–Crippen MR) is 133 cm³/mol. The van der Waals surface area contributed by atoms with Crippen LogP contribution in [-0.2, 0) is 13.1 Å². The van der Waals surface area contributed by atoms with E-state index in [0.717, 1.165) is 12.8 Å². The highest BCUT2D eigenvalue weighted by Gasteiger charge is 2.19. The van der Waals surface area contributed by atoms with E-state index in [9.17, 15) is 18.8 Å². The molecular formula is C26H30FN5O3. The van der Waals surface area contributed by atoms with Crippen LogP contribution >= 0.6 is 0 Å². The van der Waals surface area contributed by atoms with Crippen LogP contribution in [0.2, 0.25) is 0 Å². The molecule has 9 heteroatoms. The number of rotatable bonds is 8. The predicted octanol–water partition coefficient (Wildman–Crippen LogP) is 3.57. The summed E-state index contributed by atoms with van der Waals surface area (Å²) >= 11 is 0. The van der Waals surface area contributed by atoms with E-state index in [1.165, 1.54) is 25.8 Å². The summed E-state index contributed by atoms with van der Waals surface area (Å²) in [7, 11) is 0. The molecule has 0 radical (unpaired) electrons. The van der Waals surface area contributed by atoms with Gasteiger partial charge >= 0.3 is 5.69 Å². The monoisotopic (exact) mass is 479 g/mol. The van der Waals surface area contributed by atoms with E-state index in [1.807, 2.05) is 13.8 Å². The Hall–Kier alpha value is -3.75. The average molecular weight is 480 g/mol. The number of hydrogen-bond acceptors (Lipinski definition) is 4. The highest BCUT2D eigenvalue weighted by atomic mass is 19.1. The van der Waals surface area contributed by atoms with Gasteiger partial charge in [0.25, 0.3) is 11.5 Å². The molecule has 4 rings (SSSR count). The molecule has 1 unspecified atom stereocenters. The fraction of sp³-hybridized carbons (Fsp3) is 0.385. The van der Waals surface area contributed by atoms with Crippen LogP contribution in [0, 0.1) is 11.7 Å². The second-order valence-electron chi connectivity index (χ2n) is 9.36. The van der Waals surface area contributed by atoms with Crippen LogP contribution in [0.4, 0.5) is 4.39 Å². The normalized spacial score (nSPS) is 12.5. The summed E-state index contributed by atoms with van der Waals surface area (Å²) < 4.78 is 17.5. The third-order valence-electron chi connectivity index (χ3n) is 6.21.